The normalized spacial score (nSPS) is 12.3. The average molecular weight is 536 g/mol. The molecule has 212 valence electrons. The van der Waals surface area contributed by atoms with Crippen LogP contribution >= 0.6 is 0 Å². The number of rotatable bonds is 14. The molecule has 0 bridgehead atoms. The van der Waals surface area contributed by atoms with Crippen molar-refractivity contribution in [3.05, 3.63) is 66.0 Å². The molecule has 7 nitrogen and oxygen atoms in total. The average Bonchev–Trinajstić information content (AvgIpc) is 3.23. The molecule has 0 saturated carbocycles. The summed E-state index contributed by atoms with van der Waals surface area (Å²) in [5.74, 6) is 0.440. The quantitative estimate of drug-likeness (QED) is 0.161. The Morgan fingerprint density at radius 2 is 1.62 bits per heavy atom. The molecule has 0 aliphatic carbocycles. The zero-order chi connectivity index (χ0) is 28.3. The number of unbranched alkanes of at least 4 members (excludes halogenated alkanes) is 5. The summed E-state index contributed by atoms with van der Waals surface area (Å²) in [7, 11) is 1.98. The van der Waals surface area contributed by atoms with Crippen LogP contribution in [0.25, 0.3) is 11.0 Å². The van der Waals surface area contributed by atoms with Crippen LogP contribution in [0.3, 0.4) is 0 Å². The molecule has 1 unspecified atom stereocenters. The summed E-state index contributed by atoms with van der Waals surface area (Å²) in [5, 5.41) is 0. The van der Waals surface area contributed by atoms with Crippen molar-refractivity contribution >= 4 is 23.1 Å². The van der Waals surface area contributed by atoms with E-state index >= 15 is 0 Å². The number of para-hydroxylation sites is 2. The van der Waals surface area contributed by atoms with Gasteiger partial charge in [-0.3, -0.25) is 4.90 Å². The second-order valence-electron chi connectivity index (χ2n) is 11.2. The Bertz CT molecular complexity index is 1180. The molecule has 0 aliphatic rings. The highest BCUT2D eigenvalue weighted by Crippen LogP contribution is 2.21. The standard InChI is InChI=1S/C32H45N3O4/c1-6-7-8-9-10-16-23-35(31(37)39-32(2,3)4)28(30(36)38-24-25-17-12-11-13-18-25)21-22-29-33-26-19-14-15-20-27(26)34(29)5/h11-15,17-20,28H,6-10,16,21-24H2,1-5H3. The molecule has 1 aromatic heterocycles. The van der Waals surface area contributed by atoms with Crippen LogP contribution in [0.5, 0.6) is 0 Å². The number of carbonyl (C=O) groups excluding carboxylic acids is 2. The number of ether oxygens (including phenoxy) is 2. The number of hydrogen-bond acceptors (Lipinski definition) is 5. The molecule has 39 heavy (non-hydrogen) atoms. The number of aromatic nitrogens is 2. The smallest absolute Gasteiger partial charge is 0.411 e. The van der Waals surface area contributed by atoms with Crippen LogP contribution < -0.4 is 0 Å². The first-order valence-corrected chi connectivity index (χ1v) is 14.3. The number of aryl methyl sites for hydroxylation is 2. The van der Waals surface area contributed by atoms with Gasteiger partial charge in [0.25, 0.3) is 0 Å². The first-order chi connectivity index (χ1) is 18.7. The van der Waals surface area contributed by atoms with E-state index in [9.17, 15) is 9.59 Å². The number of amides is 1. The number of carbonyl (C=O) groups is 2. The van der Waals surface area contributed by atoms with Gasteiger partial charge in [0.2, 0.25) is 0 Å². The van der Waals surface area contributed by atoms with Crippen molar-refractivity contribution in [3.8, 4) is 0 Å². The van der Waals surface area contributed by atoms with E-state index in [0.29, 0.717) is 19.4 Å². The maximum Gasteiger partial charge on any atom is 0.411 e. The Kier molecular flexibility index (Phi) is 11.4. The molecule has 1 heterocycles. The van der Waals surface area contributed by atoms with Crippen molar-refractivity contribution in [3.63, 3.8) is 0 Å². The summed E-state index contributed by atoms with van der Waals surface area (Å²) in [6.07, 6.45) is 6.91. The van der Waals surface area contributed by atoms with Crippen LogP contribution in [0, 0.1) is 0 Å². The first kappa shape index (κ1) is 30.2. The van der Waals surface area contributed by atoms with Crippen LogP contribution in [0.1, 0.15) is 84.0 Å². The predicted molar refractivity (Wildman–Crippen MR) is 155 cm³/mol. The van der Waals surface area contributed by atoms with Crippen molar-refractivity contribution in [1.29, 1.82) is 0 Å². The molecule has 3 aromatic rings. The lowest BCUT2D eigenvalue weighted by molar-refractivity contribution is -0.151. The van der Waals surface area contributed by atoms with Gasteiger partial charge in [0.1, 0.15) is 24.1 Å². The molecule has 1 atom stereocenters. The zero-order valence-corrected chi connectivity index (χ0v) is 24.3. The Labute approximate surface area is 233 Å². The van der Waals surface area contributed by atoms with Gasteiger partial charge in [-0.05, 0) is 51.3 Å². The van der Waals surface area contributed by atoms with E-state index in [1.54, 1.807) is 4.90 Å². The third kappa shape index (κ3) is 9.41. The molecule has 0 N–H and O–H groups in total. The van der Waals surface area contributed by atoms with E-state index in [1.165, 1.54) is 19.3 Å². The SMILES string of the molecule is CCCCCCCCN(C(=O)OC(C)(C)C)C(CCc1nc2ccccc2n1C)C(=O)OCc1ccccc1. The number of hydrogen-bond donors (Lipinski definition) is 0. The van der Waals surface area contributed by atoms with Crippen LogP contribution in [0.2, 0.25) is 0 Å². The van der Waals surface area contributed by atoms with Crippen LogP contribution in [0.4, 0.5) is 4.79 Å². The Hall–Kier alpha value is -3.35. The van der Waals surface area contributed by atoms with Gasteiger partial charge in [0.05, 0.1) is 11.0 Å². The lowest BCUT2D eigenvalue weighted by atomic mass is 10.1. The number of benzene rings is 2. The lowest BCUT2D eigenvalue weighted by Crippen LogP contribution is -2.48. The molecule has 0 radical (unpaired) electrons. The van der Waals surface area contributed by atoms with Gasteiger partial charge in [0, 0.05) is 20.0 Å². The minimum Gasteiger partial charge on any atom is -0.459 e. The number of imidazole rings is 1. The number of esters is 1. The number of nitrogens with zero attached hydrogens (tertiary/aromatic N) is 3. The second kappa shape index (κ2) is 14.7. The maximum absolute atomic E-state index is 13.6. The zero-order valence-electron chi connectivity index (χ0n) is 24.3. The summed E-state index contributed by atoms with van der Waals surface area (Å²) in [5.41, 5.74) is 2.17. The largest absolute Gasteiger partial charge is 0.459 e. The fourth-order valence-electron chi connectivity index (χ4n) is 4.67. The molecule has 7 heteroatoms. The fraction of sp³-hybridized carbons (Fsp3) is 0.531. The van der Waals surface area contributed by atoms with Gasteiger partial charge < -0.3 is 14.0 Å². The lowest BCUT2D eigenvalue weighted by Gasteiger charge is -2.32. The molecule has 0 fully saturated rings. The molecule has 0 spiro atoms. The fourth-order valence-corrected chi connectivity index (χ4v) is 4.67. The minimum atomic E-state index is -0.779. The summed E-state index contributed by atoms with van der Waals surface area (Å²) in [4.78, 5) is 33.4. The predicted octanol–water partition coefficient (Wildman–Crippen LogP) is 7.22. The van der Waals surface area contributed by atoms with Crippen molar-refractivity contribution in [1.82, 2.24) is 14.5 Å². The topological polar surface area (TPSA) is 73.7 Å². The Balaban J connectivity index is 1.81. The van der Waals surface area contributed by atoms with E-state index < -0.39 is 23.7 Å². The van der Waals surface area contributed by atoms with Gasteiger partial charge in [-0.2, -0.15) is 0 Å². The molecular weight excluding hydrogens is 490 g/mol. The molecule has 2 aromatic carbocycles. The molecule has 3 rings (SSSR count). The van der Waals surface area contributed by atoms with Crippen LogP contribution in [-0.4, -0.2) is 44.7 Å². The van der Waals surface area contributed by atoms with Crippen molar-refractivity contribution in [2.24, 2.45) is 7.05 Å². The van der Waals surface area contributed by atoms with Gasteiger partial charge in [0.15, 0.2) is 0 Å². The summed E-state index contributed by atoms with van der Waals surface area (Å²) >= 11 is 0. The molecular formula is C32H45N3O4. The van der Waals surface area contributed by atoms with E-state index in [0.717, 1.165) is 41.7 Å². The van der Waals surface area contributed by atoms with Crippen LogP contribution in [0.15, 0.2) is 54.6 Å². The molecule has 0 aliphatic heterocycles. The van der Waals surface area contributed by atoms with Crippen LogP contribution in [-0.2, 0) is 34.3 Å². The first-order valence-electron chi connectivity index (χ1n) is 14.3. The van der Waals surface area contributed by atoms with Crippen molar-refractivity contribution in [2.75, 3.05) is 6.54 Å². The van der Waals surface area contributed by atoms with Gasteiger partial charge in [-0.25, -0.2) is 14.6 Å². The highest BCUT2D eigenvalue weighted by molar-refractivity contribution is 5.81. The van der Waals surface area contributed by atoms with Crippen molar-refractivity contribution < 1.29 is 19.1 Å². The molecule has 1 amide bonds. The van der Waals surface area contributed by atoms with E-state index in [-0.39, 0.29) is 6.61 Å². The van der Waals surface area contributed by atoms with Crippen molar-refractivity contribution in [2.45, 2.75) is 97.3 Å². The van der Waals surface area contributed by atoms with E-state index in [4.69, 9.17) is 14.5 Å². The van der Waals surface area contributed by atoms with Gasteiger partial charge in [-0.1, -0.05) is 81.5 Å². The maximum atomic E-state index is 13.6. The highest BCUT2D eigenvalue weighted by Gasteiger charge is 2.34. The van der Waals surface area contributed by atoms with Gasteiger partial charge in [-0.15, -0.1) is 0 Å². The third-order valence-electron chi connectivity index (χ3n) is 6.77. The van der Waals surface area contributed by atoms with E-state index in [1.807, 2.05) is 87.0 Å². The summed E-state index contributed by atoms with van der Waals surface area (Å²) in [6, 6.07) is 16.8. The number of fused-ring (bicyclic) bond motifs is 1. The Morgan fingerprint density at radius 3 is 2.31 bits per heavy atom. The third-order valence-corrected chi connectivity index (χ3v) is 6.77. The van der Waals surface area contributed by atoms with Gasteiger partial charge >= 0.3 is 12.1 Å². The summed E-state index contributed by atoms with van der Waals surface area (Å²) in [6.45, 7) is 8.32. The highest BCUT2D eigenvalue weighted by atomic mass is 16.6. The monoisotopic (exact) mass is 535 g/mol. The molecule has 0 saturated heterocycles. The van der Waals surface area contributed by atoms with E-state index in [2.05, 4.69) is 6.92 Å². The minimum absolute atomic E-state index is 0.154. The summed E-state index contributed by atoms with van der Waals surface area (Å²) < 4.78 is 13.6. The second-order valence-corrected chi connectivity index (χ2v) is 11.2. The Morgan fingerprint density at radius 1 is 0.949 bits per heavy atom.